The number of amides is 2. The fourth-order valence-corrected chi connectivity index (χ4v) is 1.79. The van der Waals surface area contributed by atoms with Crippen molar-refractivity contribution in [3.8, 4) is 0 Å². The number of pyridine rings is 1. The molecule has 0 saturated carbocycles. The Balaban J connectivity index is 2.38. The predicted octanol–water partition coefficient (Wildman–Crippen LogP) is 0.976. The number of halogens is 1. The Morgan fingerprint density at radius 1 is 1.41 bits per heavy atom. The van der Waals surface area contributed by atoms with Crippen LogP contribution in [-0.4, -0.2) is 28.9 Å². The molecule has 0 bridgehead atoms. The zero-order chi connectivity index (χ0) is 12.6. The van der Waals surface area contributed by atoms with Gasteiger partial charge in [0, 0.05) is 6.20 Å². The highest BCUT2D eigenvalue weighted by Crippen LogP contribution is 2.25. The molecule has 0 unspecified atom stereocenters. The van der Waals surface area contributed by atoms with Crippen LogP contribution in [0.4, 0.5) is 5.82 Å². The summed E-state index contributed by atoms with van der Waals surface area (Å²) in [5, 5.41) is 2.82. The topological polar surface area (TPSA) is 62.3 Å². The van der Waals surface area contributed by atoms with Gasteiger partial charge in [0.15, 0.2) is 0 Å². The second-order valence-corrected chi connectivity index (χ2v) is 4.79. The van der Waals surface area contributed by atoms with Crippen LogP contribution < -0.4 is 10.2 Å². The van der Waals surface area contributed by atoms with E-state index in [1.54, 1.807) is 30.9 Å². The minimum absolute atomic E-state index is 0.105. The standard InChI is InChI=1S/C11H12ClN3O2/c1-11(2)10(17)14-9(16)6-15(11)8-4-3-7(12)5-13-8/h3-5H,6H2,1-2H3,(H,14,16,17). The van der Waals surface area contributed by atoms with Gasteiger partial charge < -0.3 is 4.90 Å². The van der Waals surface area contributed by atoms with Crippen molar-refractivity contribution in [1.29, 1.82) is 0 Å². The van der Waals surface area contributed by atoms with Crippen LogP contribution >= 0.6 is 11.6 Å². The molecule has 17 heavy (non-hydrogen) atoms. The Morgan fingerprint density at radius 2 is 2.12 bits per heavy atom. The van der Waals surface area contributed by atoms with E-state index >= 15 is 0 Å². The molecule has 0 aliphatic carbocycles. The first-order valence-corrected chi connectivity index (χ1v) is 5.52. The number of anilines is 1. The summed E-state index contributed by atoms with van der Waals surface area (Å²) in [6.07, 6.45) is 1.49. The normalized spacial score (nSPS) is 19.1. The minimum Gasteiger partial charge on any atom is -0.333 e. The van der Waals surface area contributed by atoms with Gasteiger partial charge in [-0.05, 0) is 26.0 Å². The van der Waals surface area contributed by atoms with Crippen LogP contribution in [0.25, 0.3) is 0 Å². The van der Waals surface area contributed by atoms with E-state index in [4.69, 9.17) is 11.6 Å². The zero-order valence-corrected chi connectivity index (χ0v) is 10.3. The molecule has 2 rings (SSSR count). The summed E-state index contributed by atoms with van der Waals surface area (Å²) in [7, 11) is 0. The van der Waals surface area contributed by atoms with Crippen molar-refractivity contribution in [1.82, 2.24) is 10.3 Å². The van der Waals surface area contributed by atoms with Gasteiger partial charge in [-0.1, -0.05) is 11.6 Å². The number of hydrogen-bond acceptors (Lipinski definition) is 4. The van der Waals surface area contributed by atoms with E-state index in [0.717, 1.165) is 0 Å². The minimum atomic E-state index is -0.811. The third-order valence-corrected chi connectivity index (χ3v) is 3.00. The molecule has 1 aliphatic rings. The molecule has 6 heteroatoms. The average Bonchev–Trinajstić information content (AvgIpc) is 2.25. The molecule has 2 heterocycles. The number of imide groups is 1. The van der Waals surface area contributed by atoms with Gasteiger partial charge in [-0.2, -0.15) is 0 Å². The van der Waals surface area contributed by atoms with Gasteiger partial charge in [0.05, 0.1) is 11.6 Å². The second kappa shape index (κ2) is 4.00. The van der Waals surface area contributed by atoms with Gasteiger partial charge in [0.25, 0.3) is 5.91 Å². The molecule has 1 N–H and O–H groups in total. The van der Waals surface area contributed by atoms with E-state index in [0.29, 0.717) is 10.8 Å². The van der Waals surface area contributed by atoms with E-state index in [9.17, 15) is 9.59 Å². The molecule has 0 aromatic carbocycles. The number of nitrogens with zero attached hydrogens (tertiary/aromatic N) is 2. The summed E-state index contributed by atoms with van der Waals surface area (Å²) >= 11 is 5.75. The summed E-state index contributed by atoms with van der Waals surface area (Å²) in [5.74, 6) is -0.0980. The van der Waals surface area contributed by atoms with Crippen LogP contribution in [0.2, 0.25) is 5.02 Å². The summed E-state index contributed by atoms with van der Waals surface area (Å²) in [5.41, 5.74) is -0.811. The Bertz CT molecular complexity index is 470. The maximum atomic E-state index is 11.7. The van der Waals surface area contributed by atoms with E-state index in [-0.39, 0.29) is 18.4 Å². The maximum Gasteiger partial charge on any atom is 0.251 e. The van der Waals surface area contributed by atoms with Gasteiger partial charge in [0.2, 0.25) is 5.91 Å². The molecular formula is C11H12ClN3O2. The van der Waals surface area contributed by atoms with Crippen LogP contribution in [0.5, 0.6) is 0 Å². The first kappa shape index (κ1) is 11.9. The number of carbonyl (C=O) groups is 2. The lowest BCUT2D eigenvalue weighted by Gasteiger charge is -2.40. The maximum absolute atomic E-state index is 11.7. The Labute approximate surface area is 104 Å². The van der Waals surface area contributed by atoms with Crippen molar-refractivity contribution in [2.24, 2.45) is 0 Å². The van der Waals surface area contributed by atoms with Crippen molar-refractivity contribution in [2.45, 2.75) is 19.4 Å². The fraction of sp³-hybridized carbons (Fsp3) is 0.364. The molecule has 5 nitrogen and oxygen atoms in total. The number of aromatic nitrogens is 1. The highest BCUT2D eigenvalue weighted by molar-refractivity contribution is 6.30. The van der Waals surface area contributed by atoms with Crippen molar-refractivity contribution in [2.75, 3.05) is 11.4 Å². The van der Waals surface area contributed by atoms with Crippen molar-refractivity contribution < 1.29 is 9.59 Å². The quantitative estimate of drug-likeness (QED) is 0.758. The lowest BCUT2D eigenvalue weighted by molar-refractivity contribution is -0.135. The van der Waals surface area contributed by atoms with Crippen LogP contribution in [0.15, 0.2) is 18.3 Å². The van der Waals surface area contributed by atoms with Crippen molar-refractivity contribution in [3.63, 3.8) is 0 Å². The molecular weight excluding hydrogens is 242 g/mol. The number of rotatable bonds is 1. The first-order valence-electron chi connectivity index (χ1n) is 5.15. The zero-order valence-electron chi connectivity index (χ0n) is 9.53. The second-order valence-electron chi connectivity index (χ2n) is 4.36. The molecule has 1 aliphatic heterocycles. The smallest absolute Gasteiger partial charge is 0.251 e. The average molecular weight is 254 g/mol. The SMILES string of the molecule is CC1(C)C(=O)NC(=O)CN1c1ccc(Cl)cn1. The predicted molar refractivity (Wildman–Crippen MR) is 63.8 cm³/mol. The molecule has 0 spiro atoms. The van der Waals surface area contributed by atoms with Crippen LogP contribution in [-0.2, 0) is 9.59 Å². The van der Waals surface area contributed by atoms with Crippen LogP contribution in [0.1, 0.15) is 13.8 Å². The summed E-state index contributed by atoms with van der Waals surface area (Å²) in [6.45, 7) is 3.59. The third-order valence-electron chi connectivity index (χ3n) is 2.77. The number of carbonyl (C=O) groups excluding carboxylic acids is 2. The lowest BCUT2D eigenvalue weighted by atomic mass is 9.99. The molecule has 0 radical (unpaired) electrons. The van der Waals surface area contributed by atoms with Crippen molar-refractivity contribution in [3.05, 3.63) is 23.4 Å². The van der Waals surface area contributed by atoms with Crippen LogP contribution in [0.3, 0.4) is 0 Å². The number of piperazine rings is 1. The molecule has 1 saturated heterocycles. The summed E-state index contributed by atoms with van der Waals surface area (Å²) in [6, 6.07) is 3.37. The van der Waals surface area contributed by atoms with E-state index < -0.39 is 5.54 Å². The Kier molecular flexibility index (Phi) is 2.79. The highest BCUT2D eigenvalue weighted by atomic mass is 35.5. The molecule has 1 aromatic heterocycles. The monoisotopic (exact) mass is 253 g/mol. The van der Waals surface area contributed by atoms with Gasteiger partial charge in [-0.15, -0.1) is 0 Å². The van der Waals surface area contributed by atoms with E-state index in [1.165, 1.54) is 6.20 Å². The van der Waals surface area contributed by atoms with Crippen molar-refractivity contribution >= 4 is 29.2 Å². The molecule has 90 valence electrons. The molecule has 1 aromatic rings. The van der Waals surface area contributed by atoms with Crippen LogP contribution in [0, 0.1) is 0 Å². The molecule has 0 atom stereocenters. The third kappa shape index (κ3) is 2.10. The number of hydrogen-bond donors (Lipinski definition) is 1. The largest absolute Gasteiger partial charge is 0.333 e. The highest BCUT2D eigenvalue weighted by Gasteiger charge is 2.41. The van der Waals surface area contributed by atoms with Gasteiger partial charge in [-0.3, -0.25) is 14.9 Å². The molecule has 2 amide bonds. The summed E-state index contributed by atoms with van der Waals surface area (Å²) < 4.78 is 0. The fourth-order valence-electron chi connectivity index (χ4n) is 1.68. The van der Waals surface area contributed by atoms with E-state index in [1.807, 2.05) is 0 Å². The Hall–Kier alpha value is -1.62. The van der Waals surface area contributed by atoms with Gasteiger partial charge in [-0.25, -0.2) is 4.98 Å². The van der Waals surface area contributed by atoms with E-state index in [2.05, 4.69) is 10.3 Å². The number of nitrogens with one attached hydrogen (secondary N) is 1. The van der Waals surface area contributed by atoms with Gasteiger partial charge >= 0.3 is 0 Å². The lowest BCUT2D eigenvalue weighted by Crippen LogP contribution is -2.64. The Morgan fingerprint density at radius 3 is 2.71 bits per heavy atom. The summed E-state index contributed by atoms with van der Waals surface area (Å²) in [4.78, 5) is 28.9. The van der Waals surface area contributed by atoms with Gasteiger partial charge in [0.1, 0.15) is 11.4 Å². The first-order chi connectivity index (χ1) is 7.91. The molecule has 1 fully saturated rings.